The Bertz CT molecular complexity index is 992. The fourth-order valence-corrected chi connectivity index (χ4v) is 5.26. The number of aromatic amines is 1. The van der Waals surface area contributed by atoms with Gasteiger partial charge >= 0.3 is 0 Å². The molecule has 0 fully saturated rings. The van der Waals surface area contributed by atoms with Crippen LogP contribution in [0.5, 0.6) is 0 Å². The maximum Gasteiger partial charge on any atom is 0.255 e. The number of fused-ring (bicyclic) bond motifs is 2. The molecule has 25 heavy (non-hydrogen) atoms. The summed E-state index contributed by atoms with van der Waals surface area (Å²) < 4.78 is 2.48. The molecule has 0 amide bonds. The number of rotatable bonds is 3. The molecule has 0 unspecified atom stereocenters. The highest BCUT2D eigenvalue weighted by Crippen LogP contribution is 2.36. The van der Waals surface area contributed by atoms with Crippen LogP contribution in [-0.4, -0.2) is 21.4 Å². The van der Waals surface area contributed by atoms with Gasteiger partial charge in [-0.05, 0) is 22.0 Å². The second-order valence-electron chi connectivity index (χ2n) is 6.83. The highest BCUT2D eigenvalue weighted by molar-refractivity contribution is 9.10. The van der Waals surface area contributed by atoms with Crippen molar-refractivity contribution in [1.29, 1.82) is 0 Å². The summed E-state index contributed by atoms with van der Waals surface area (Å²) in [7, 11) is 0. The number of thiophene rings is 1. The van der Waals surface area contributed by atoms with Crippen LogP contribution in [0.1, 0.15) is 41.7 Å². The average molecular weight is 418 g/mol. The summed E-state index contributed by atoms with van der Waals surface area (Å²) in [6.07, 6.45) is 0.835. The number of nitrogens with zero attached hydrogens (tertiary/aromatic N) is 2. The first-order valence-electron chi connectivity index (χ1n) is 8.53. The predicted molar refractivity (Wildman–Crippen MR) is 106 cm³/mol. The van der Waals surface area contributed by atoms with E-state index in [1.165, 1.54) is 19.4 Å². The quantitative estimate of drug-likeness (QED) is 0.685. The zero-order valence-corrected chi connectivity index (χ0v) is 16.7. The molecule has 0 spiro atoms. The van der Waals surface area contributed by atoms with E-state index in [0.717, 1.165) is 36.6 Å². The standard InChI is InChI=1S/C19H20BrN3OS/c1-11(2)18-21-14-7-8-23(9-13(14)19(24)22-18)10-16-17(20)12-5-3-4-6-15(12)25-16/h3-6,11H,7-10H2,1-2H3,(H,21,22,24). The van der Waals surface area contributed by atoms with Gasteiger partial charge in [0.15, 0.2) is 0 Å². The molecule has 3 heterocycles. The van der Waals surface area contributed by atoms with Crippen molar-refractivity contribution in [3.8, 4) is 0 Å². The summed E-state index contributed by atoms with van der Waals surface area (Å²) in [5, 5.41) is 1.26. The molecule has 6 heteroatoms. The summed E-state index contributed by atoms with van der Waals surface area (Å²) in [6, 6.07) is 8.44. The molecule has 0 saturated carbocycles. The van der Waals surface area contributed by atoms with Gasteiger partial charge in [-0.15, -0.1) is 11.3 Å². The Hall–Kier alpha value is -1.50. The first-order chi connectivity index (χ1) is 12.0. The monoisotopic (exact) mass is 417 g/mol. The molecule has 1 aliphatic rings. The van der Waals surface area contributed by atoms with Crippen LogP contribution in [0.3, 0.4) is 0 Å². The molecule has 130 valence electrons. The summed E-state index contributed by atoms with van der Waals surface area (Å²) in [5.74, 6) is 1.04. The van der Waals surface area contributed by atoms with Crippen LogP contribution in [0, 0.1) is 0 Å². The highest BCUT2D eigenvalue weighted by atomic mass is 79.9. The highest BCUT2D eigenvalue weighted by Gasteiger charge is 2.23. The maximum absolute atomic E-state index is 12.5. The Labute approximate surface area is 159 Å². The van der Waals surface area contributed by atoms with Gasteiger partial charge in [-0.25, -0.2) is 4.98 Å². The predicted octanol–water partition coefficient (Wildman–Crippen LogP) is 4.43. The van der Waals surface area contributed by atoms with E-state index in [4.69, 9.17) is 0 Å². The topological polar surface area (TPSA) is 49.0 Å². The van der Waals surface area contributed by atoms with E-state index in [1.807, 2.05) is 11.3 Å². The van der Waals surface area contributed by atoms with Crippen molar-refractivity contribution in [3.05, 3.63) is 61.1 Å². The van der Waals surface area contributed by atoms with Crippen molar-refractivity contribution in [2.75, 3.05) is 6.54 Å². The van der Waals surface area contributed by atoms with Gasteiger partial charge in [0.2, 0.25) is 0 Å². The minimum absolute atomic E-state index is 0.0220. The minimum atomic E-state index is 0.0220. The Balaban J connectivity index is 1.60. The van der Waals surface area contributed by atoms with E-state index in [2.05, 4.69) is 68.9 Å². The van der Waals surface area contributed by atoms with Crippen LogP contribution in [-0.2, 0) is 19.5 Å². The van der Waals surface area contributed by atoms with Gasteiger partial charge in [-0.3, -0.25) is 9.69 Å². The molecule has 0 saturated heterocycles. The Morgan fingerprint density at radius 2 is 2.16 bits per heavy atom. The van der Waals surface area contributed by atoms with E-state index in [0.29, 0.717) is 6.54 Å². The van der Waals surface area contributed by atoms with Crippen LogP contribution in [0.4, 0.5) is 0 Å². The molecule has 4 rings (SSSR count). The molecule has 0 aliphatic carbocycles. The Morgan fingerprint density at radius 1 is 1.36 bits per heavy atom. The van der Waals surface area contributed by atoms with Crippen molar-refractivity contribution in [3.63, 3.8) is 0 Å². The number of halogens is 1. The Morgan fingerprint density at radius 3 is 2.92 bits per heavy atom. The molecule has 4 nitrogen and oxygen atoms in total. The number of hydrogen-bond acceptors (Lipinski definition) is 4. The molecular formula is C19H20BrN3OS. The third-order valence-corrected chi connectivity index (χ3v) is 7.01. The third kappa shape index (κ3) is 3.18. The molecule has 0 atom stereocenters. The normalized spacial score (nSPS) is 15.0. The Kier molecular flexibility index (Phi) is 4.52. The number of nitrogens with one attached hydrogen (secondary N) is 1. The molecule has 0 radical (unpaired) electrons. The number of H-pyrrole nitrogens is 1. The molecule has 3 aromatic rings. The fourth-order valence-electron chi connectivity index (χ4n) is 3.28. The van der Waals surface area contributed by atoms with E-state index in [-0.39, 0.29) is 11.5 Å². The molecule has 2 aromatic heterocycles. The van der Waals surface area contributed by atoms with E-state index in [9.17, 15) is 4.79 Å². The zero-order valence-electron chi connectivity index (χ0n) is 14.3. The minimum Gasteiger partial charge on any atom is -0.310 e. The van der Waals surface area contributed by atoms with Gasteiger partial charge in [-0.1, -0.05) is 32.0 Å². The van der Waals surface area contributed by atoms with Crippen molar-refractivity contribution in [2.45, 2.75) is 39.3 Å². The van der Waals surface area contributed by atoms with Crippen LogP contribution in [0.25, 0.3) is 10.1 Å². The van der Waals surface area contributed by atoms with Gasteiger partial charge in [0.1, 0.15) is 5.82 Å². The van der Waals surface area contributed by atoms with Gasteiger partial charge in [-0.2, -0.15) is 0 Å². The van der Waals surface area contributed by atoms with Gasteiger partial charge in [0.05, 0.1) is 11.3 Å². The van der Waals surface area contributed by atoms with Crippen LogP contribution in [0.15, 0.2) is 33.5 Å². The summed E-state index contributed by atoms with van der Waals surface area (Å²) in [6.45, 7) is 6.56. The summed E-state index contributed by atoms with van der Waals surface area (Å²) >= 11 is 5.57. The lowest BCUT2D eigenvalue weighted by Gasteiger charge is -2.27. The third-order valence-electron chi connectivity index (χ3n) is 4.68. The van der Waals surface area contributed by atoms with Crippen molar-refractivity contribution < 1.29 is 0 Å². The lowest BCUT2D eigenvalue weighted by Crippen LogP contribution is -2.35. The zero-order chi connectivity index (χ0) is 17.6. The van der Waals surface area contributed by atoms with Crippen LogP contribution < -0.4 is 5.56 Å². The number of benzene rings is 1. The summed E-state index contributed by atoms with van der Waals surface area (Å²) in [4.78, 5) is 23.7. The maximum atomic E-state index is 12.5. The average Bonchev–Trinajstić information content (AvgIpc) is 2.91. The van der Waals surface area contributed by atoms with E-state index in [1.54, 1.807) is 0 Å². The smallest absolute Gasteiger partial charge is 0.255 e. The molecule has 1 aliphatic heterocycles. The lowest BCUT2D eigenvalue weighted by molar-refractivity contribution is 0.243. The fraction of sp³-hybridized carbons (Fsp3) is 0.368. The van der Waals surface area contributed by atoms with Crippen molar-refractivity contribution in [2.24, 2.45) is 0 Å². The molecular weight excluding hydrogens is 398 g/mol. The number of hydrogen-bond donors (Lipinski definition) is 1. The number of aromatic nitrogens is 2. The SMILES string of the molecule is CC(C)c1nc2c(c(=O)[nH]1)CN(Cc1sc3ccccc3c1Br)CC2. The van der Waals surface area contributed by atoms with Crippen LogP contribution >= 0.6 is 27.3 Å². The van der Waals surface area contributed by atoms with E-state index >= 15 is 0 Å². The first kappa shape index (κ1) is 16.9. The van der Waals surface area contributed by atoms with E-state index < -0.39 is 0 Å². The lowest BCUT2D eigenvalue weighted by atomic mass is 10.1. The molecule has 1 aromatic carbocycles. The van der Waals surface area contributed by atoms with Crippen LogP contribution in [0.2, 0.25) is 0 Å². The van der Waals surface area contributed by atoms with Gasteiger partial charge in [0, 0.05) is 51.4 Å². The molecule has 1 N–H and O–H groups in total. The molecule has 0 bridgehead atoms. The summed E-state index contributed by atoms with van der Waals surface area (Å²) in [5.41, 5.74) is 1.82. The second kappa shape index (κ2) is 6.67. The largest absolute Gasteiger partial charge is 0.310 e. The first-order valence-corrected chi connectivity index (χ1v) is 10.1. The second-order valence-corrected chi connectivity index (χ2v) is 8.76. The van der Waals surface area contributed by atoms with Gasteiger partial charge < -0.3 is 4.98 Å². The van der Waals surface area contributed by atoms with Gasteiger partial charge in [0.25, 0.3) is 5.56 Å². The van der Waals surface area contributed by atoms with Crippen molar-refractivity contribution >= 4 is 37.4 Å². The van der Waals surface area contributed by atoms with Crippen molar-refractivity contribution in [1.82, 2.24) is 14.9 Å².